The van der Waals surface area contributed by atoms with E-state index >= 15 is 0 Å². The van der Waals surface area contributed by atoms with Crippen LogP contribution in [-0.4, -0.2) is 6.54 Å². The first-order valence-corrected chi connectivity index (χ1v) is 7.80. The average Bonchev–Trinajstić information content (AvgIpc) is 2.45. The number of halogens is 4. The van der Waals surface area contributed by atoms with Crippen LogP contribution in [-0.2, 0) is 0 Å². The molecule has 5 heteroatoms. The van der Waals surface area contributed by atoms with Crippen LogP contribution in [0.25, 0.3) is 0 Å². The highest BCUT2D eigenvalue weighted by atomic mass is 35.5. The minimum Gasteiger partial charge on any atom is -0.306 e. The molecule has 0 heterocycles. The third-order valence-electron chi connectivity index (χ3n) is 3.16. The Bertz CT molecular complexity index is 631. The molecule has 0 saturated carbocycles. The van der Waals surface area contributed by atoms with Crippen molar-refractivity contribution in [1.82, 2.24) is 5.32 Å². The standard InChI is InChI=1S/C16H15Cl3FN/c1-2-8-21-16(11-7-6-10(17)9-14(11)20)12-4-3-5-13(18)15(12)19/h3-7,9,16,21H,2,8H2,1H3. The maximum absolute atomic E-state index is 14.2. The summed E-state index contributed by atoms with van der Waals surface area (Å²) < 4.78 is 14.2. The zero-order valence-electron chi connectivity index (χ0n) is 11.5. The highest BCUT2D eigenvalue weighted by molar-refractivity contribution is 6.42. The number of hydrogen-bond donors (Lipinski definition) is 1. The fourth-order valence-corrected chi connectivity index (χ4v) is 2.73. The molecule has 2 rings (SSSR count). The summed E-state index contributed by atoms with van der Waals surface area (Å²) in [6, 6.07) is 9.63. The summed E-state index contributed by atoms with van der Waals surface area (Å²) in [5.74, 6) is -0.368. The van der Waals surface area contributed by atoms with Gasteiger partial charge in [-0.1, -0.05) is 59.9 Å². The molecule has 0 radical (unpaired) electrons. The Balaban J connectivity index is 2.49. The summed E-state index contributed by atoms with van der Waals surface area (Å²) in [6.45, 7) is 2.78. The van der Waals surface area contributed by atoms with Crippen molar-refractivity contribution < 1.29 is 4.39 Å². The molecular weight excluding hydrogens is 332 g/mol. The highest BCUT2D eigenvalue weighted by Gasteiger charge is 2.21. The van der Waals surface area contributed by atoms with E-state index < -0.39 is 0 Å². The largest absolute Gasteiger partial charge is 0.306 e. The SMILES string of the molecule is CCCNC(c1ccc(Cl)cc1F)c1cccc(Cl)c1Cl. The monoisotopic (exact) mass is 345 g/mol. The van der Waals surface area contributed by atoms with E-state index in [1.165, 1.54) is 6.07 Å². The minimum atomic E-state index is -0.368. The van der Waals surface area contributed by atoms with Crippen LogP contribution in [0.5, 0.6) is 0 Å². The van der Waals surface area contributed by atoms with Gasteiger partial charge in [0.05, 0.1) is 16.1 Å². The van der Waals surface area contributed by atoms with Gasteiger partial charge >= 0.3 is 0 Å². The molecule has 1 unspecified atom stereocenters. The van der Waals surface area contributed by atoms with Gasteiger partial charge in [0.2, 0.25) is 0 Å². The van der Waals surface area contributed by atoms with E-state index in [1.807, 2.05) is 13.0 Å². The molecule has 1 nitrogen and oxygen atoms in total. The topological polar surface area (TPSA) is 12.0 Å². The van der Waals surface area contributed by atoms with Gasteiger partial charge in [0.1, 0.15) is 5.82 Å². The van der Waals surface area contributed by atoms with Crippen molar-refractivity contribution in [3.05, 3.63) is 68.4 Å². The number of benzene rings is 2. The van der Waals surface area contributed by atoms with Crippen molar-refractivity contribution >= 4 is 34.8 Å². The minimum absolute atomic E-state index is 0.364. The number of nitrogens with one attached hydrogen (secondary N) is 1. The molecule has 112 valence electrons. The van der Waals surface area contributed by atoms with Crippen LogP contribution in [0.1, 0.15) is 30.5 Å². The Morgan fingerprint density at radius 1 is 1.10 bits per heavy atom. The molecule has 2 aromatic carbocycles. The van der Waals surface area contributed by atoms with E-state index in [-0.39, 0.29) is 11.9 Å². The molecular formula is C16H15Cl3FN. The molecule has 0 spiro atoms. The highest BCUT2D eigenvalue weighted by Crippen LogP contribution is 2.34. The Kier molecular flexibility index (Phi) is 5.88. The number of rotatable bonds is 5. The molecule has 0 saturated heterocycles. The van der Waals surface area contributed by atoms with Gasteiger partial charge in [-0.25, -0.2) is 4.39 Å². The maximum atomic E-state index is 14.2. The van der Waals surface area contributed by atoms with Gasteiger partial charge < -0.3 is 5.32 Å². The van der Waals surface area contributed by atoms with Crippen LogP contribution in [0, 0.1) is 5.82 Å². The first kappa shape index (κ1) is 16.6. The second-order valence-corrected chi connectivity index (χ2v) is 5.92. The smallest absolute Gasteiger partial charge is 0.129 e. The van der Waals surface area contributed by atoms with Gasteiger partial charge in [-0.2, -0.15) is 0 Å². The normalized spacial score (nSPS) is 12.4. The second-order valence-electron chi connectivity index (χ2n) is 4.70. The van der Waals surface area contributed by atoms with Crippen molar-refractivity contribution in [2.75, 3.05) is 6.54 Å². The van der Waals surface area contributed by atoms with Crippen molar-refractivity contribution in [3.63, 3.8) is 0 Å². The molecule has 0 bridgehead atoms. The average molecular weight is 347 g/mol. The fraction of sp³-hybridized carbons (Fsp3) is 0.250. The van der Waals surface area contributed by atoms with Crippen LogP contribution >= 0.6 is 34.8 Å². The lowest BCUT2D eigenvalue weighted by atomic mass is 9.98. The van der Waals surface area contributed by atoms with Gasteiger partial charge in [0, 0.05) is 10.6 Å². The van der Waals surface area contributed by atoms with Crippen LogP contribution in [0.3, 0.4) is 0 Å². The summed E-state index contributed by atoms with van der Waals surface area (Å²) >= 11 is 18.2. The molecule has 1 N–H and O–H groups in total. The van der Waals surface area contributed by atoms with Crippen molar-refractivity contribution in [3.8, 4) is 0 Å². The van der Waals surface area contributed by atoms with E-state index in [4.69, 9.17) is 34.8 Å². The van der Waals surface area contributed by atoms with E-state index in [1.54, 1.807) is 24.3 Å². The summed E-state index contributed by atoms with van der Waals surface area (Å²) in [4.78, 5) is 0. The summed E-state index contributed by atoms with van der Waals surface area (Å²) in [5, 5.41) is 4.55. The molecule has 0 fully saturated rings. The fourth-order valence-electron chi connectivity index (χ4n) is 2.16. The van der Waals surface area contributed by atoms with Gasteiger partial charge in [0.15, 0.2) is 0 Å². The lowest BCUT2D eigenvalue weighted by Crippen LogP contribution is -2.24. The summed E-state index contributed by atoms with van der Waals surface area (Å²) in [7, 11) is 0. The molecule has 0 amide bonds. The lowest BCUT2D eigenvalue weighted by Gasteiger charge is -2.22. The van der Waals surface area contributed by atoms with E-state index in [0.29, 0.717) is 20.6 Å². The van der Waals surface area contributed by atoms with Gasteiger partial charge in [-0.05, 0) is 36.7 Å². The Labute approximate surface area is 139 Å². The first-order valence-electron chi connectivity index (χ1n) is 6.66. The zero-order valence-corrected chi connectivity index (χ0v) is 13.7. The molecule has 0 aliphatic carbocycles. The van der Waals surface area contributed by atoms with Gasteiger partial charge in [-0.3, -0.25) is 0 Å². The molecule has 0 aliphatic heterocycles. The Hall–Kier alpha value is -0.800. The van der Waals surface area contributed by atoms with Crippen molar-refractivity contribution in [1.29, 1.82) is 0 Å². The van der Waals surface area contributed by atoms with Crippen LogP contribution in [0.2, 0.25) is 15.1 Å². The summed E-state index contributed by atoms with van der Waals surface area (Å²) in [5.41, 5.74) is 1.25. The lowest BCUT2D eigenvalue weighted by molar-refractivity contribution is 0.547. The first-order chi connectivity index (χ1) is 10.0. The molecule has 21 heavy (non-hydrogen) atoms. The second kappa shape index (κ2) is 7.46. The maximum Gasteiger partial charge on any atom is 0.129 e. The van der Waals surface area contributed by atoms with Crippen molar-refractivity contribution in [2.24, 2.45) is 0 Å². The third kappa shape index (κ3) is 3.89. The molecule has 1 atom stereocenters. The third-order valence-corrected chi connectivity index (χ3v) is 4.23. The number of hydrogen-bond acceptors (Lipinski definition) is 1. The predicted octanol–water partition coefficient (Wildman–Crippen LogP) is 5.87. The molecule has 0 aliphatic rings. The Morgan fingerprint density at radius 2 is 1.86 bits per heavy atom. The van der Waals surface area contributed by atoms with E-state index in [0.717, 1.165) is 18.5 Å². The molecule has 0 aromatic heterocycles. The molecule has 2 aromatic rings. The Morgan fingerprint density at radius 3 is 2.52 bits per heavy atom. The van der Waals surface area contributed by atoms with Crippen LogP contribution in [0.15, 0.2) is 36.4 Å². The quantitative estimate of drug-likeness (QED) is 0.713. The van der Waals surface area contributed by atoms with Gasteiger partial charge in [-0.15, -0.1) is 0 Å². The summed E-state index contributed by atoms with van der Waals surface area (Å²) in [6.07, 6.45) is 0.921. The van der Waals surface area contributed by atoms with E-state index in [9.17, 15) is 4.39 Å². The van der Waals surface area contributed by atoms with Crippen LogP contribution < -0.4 is 5.32 Å². The van der Waals surface area contributed by atoms with E-state index in [2.05, 4.69) is 5.32 Å². The van der Waals surface area contributed by atoms with Crippen LogP contribution in [0.4, 0.5) is 4.39 Å². The zero-order chi connectivity index (χ0) is 15.4. The van der Waals surface area contributed by atoms with Crippen molar-refractivity contribution in [2.45, 2.75) is 19.4 Å². The van der Waals surface area contributed by atoms with Gasteiger partial charge in [0.25, 0.3) is 0 Å². The predicted molar refractivity (Wildman–Crippen MR) is 88.0 cm³/mol.